The Morgan fingerprint density at radius 1 is 0.619 bits per heavy atom. The maximum absolute atomic E-state index is 4.94. The van der Waals surface area contributed by atoms with E-state index in [-0.39, 0.29) is 7.43 Å². The summed E-state index contributed by atoms with van der Waals surface area (Å²) in [5.74, 6) is 1.30. The molecule has 0 atom stereocenters. The second kappa shape index (κ2) is 14.4. The summed E-state index contributed by atoms with van der Waals surface area (Å²) in [7, 11) is 0. The fraction of sp³-hybridized carbons (Fsp3) is 0.368. The predicted octanol–water partition coefficient (Wildman–Crippen LogP) is 11.4. The van der Waals surface area contributed by atoms with Gasteiger partial charge in [0, 0.05) is 68.9 Å². The fourth-order valence-electron chi connectivity index (χ4n) is 5.82. The Morgan fingerprint density at radius 2 is 1.07 bits per heavy atom. The van der Waals surface area contributed by atoms with Crippen molar-refractivity contribution in [1.82, 2.24) is 9.13 Å². The number of halogens is 1. The van der Waals surface area contributed by atoms with Crippen molar-refractivity contribution in [3.05, 3.63) is 95.0 Å². The van der Waals surface area contributed by atoms with Crippen LogP contribution < -0.4 is 0 Å². The molecule has 0 unspecified atom stereocenters. The number of benzene rings is 4. The number of rotatable bonds is 4. The van der Waals surface area contributed by atoms with Crippen molar-refractivity contribution in [3.63, 3.8) is 0 Å². The van der Waals surface area contributed by atoms with E-state index in [0.29, 0.717) is 11.8 Å². The van der Waals surface area contributed by atoms with E-state index in [4.69, 9.17) is 4.74 Å². The van der Waals surface area contributed by atoms with Gasteiger partial charge in [-0.3, -0.25) is 0 Å². The van der Waals surface area contributed by atoms with Crippen molar-refractivity contribution in [2.45, 2.75) is 68.0 Å². The molecule has 0 bridgehead atoms. The molecular formula is C38H47BrN2O. The standard InChI is InChI=1S/C17H19N.C16H16BrN.C4H8O.CH4/c1-12(2)11-18-16-7-5-4-6-14(16)15-9-8-13(3)10-17(15)18;1-11(2)10-18-15-6-4-3-5-13(15)14-8-7-12(17)9-16(14)18;1-2-4-5-3-1;/h4-10,12H,11H2,1-3H3;3-9,11H,10H2,1-2H3;1-4H2;1H4. The van der Waals surface area contributed by atoms with Crippen LogP contribution in [0.25, 0.3) is 43.6 Å². The zero-order valence-corrected chi connectivity index (χ0v) is 26.7. The van der Waals surface area contributed by atoms with Crippen molar-refractivity contribution < 1.29 is 4.74 Å². The Balaban J connectivity index is 0.000000162. The van der Waals surface area contributed by atoms with Crippen LogP contribution in [-0.2, 0) is 17.8 Å². The molecule has 0 spiro atoms. The Labute approximate surface area is 260 Å². The first-order valence-electron chi connectivity index (χ1n) is 15.0. The molecule has 7 rings (SSSR count). The molecule has 1 fully saturated rings. The van der Waals surface area contributed by atoms with Crippen LogP contribution in [0.2, 0.25) is 0 Å². The minimum Gasteiger partial charge on any atom is -0.381 e. The Kier molecular flexibility index (Phi) is 10.9. The van der Waals surface area contributed by atoms with Gasteiger partial charge in [0.1, 0.15) is 0 Å². The molecule has 1 saturated heterocycles. The van der Waals surface area contributed by atoms with E-state index in [1.807, 2.05) is 0 Å². The van der Waals surface area contributed by atoms with E-state index in [1.165, 1.54) is 62.0 Å². The van der Waals surface area contributed by atoms with E-state index in [2.05, 4.69) is 145 Å². The second-order valence-electron chi connectivity index (χ2n) is 12.0. The lowest BCUT2D eigenvalue weighted by Crippen LogP contribution is -2.03. The number of aromatic nitrogens is 2. The number of hydrogen-bond donors (Lipinski definition) is 0. The SMILES string of the molecule is C.C1CCOC1.CC(C)Cn1c2ccccc2c2ccc(Br)cc21.Cc1ccc2c3ccccc3n(CC(C)C)c2c1. The van der Waals surface area contributed by atoms with Crippen LogP contribution in [0, 0.1) is 18.8 Å². The lowest BCUT2D eigenvalue weighted by molar-refractivity contribution is 0.198. The molecule has 222 valence electrons. The van der Waals surface area contributed by atoms with Gasteiger partial charge in [-0.2, -0.15) is 0 Å². The summed E-state index contributed by atoms with van der Waals surface area (Å²) in [6.07, 6.45) is 2.56. The van der Waals surface area contributed by atoms with Crippen LogP contribution in [-0.4, -0.2) is 22.3 Å². The van der Waals surface area contributed by atoms with Crippen molar-refractivity contribution in [2.75, 3.05) is 13.2 Å². The van der Waals surface area contributed by atoms with E-state index < -0.39 is 0 Å². The Hall–Kier alpha value is -3.08. The third-order valence-electron chi connectivity index (χ3n) is 7.59. The van der Waals surface area contributed by atoms with E-state index in [9.17, 15) is 0 Å². The van der Waals surface area contributed by atoms with Crippen molar-refractivity contribution in [3.8, 4) is 0 Å². The average Bonchev–Trinajstić information content (AvgIpc) is 3.69. The lowest BCUT2D eigenvalue weighted by atomic mass is 10.1. The molecule has 0 amide bonds. The normalized spacial score (nSPS) is 13.0. The molecule has 0 saturated carbocycles. The van der Waals surface area contributed by atoms with Crippen LogP contribution in [0.1, 0.15) is 53.5 Å². The molecule has 0 aliphatic carbocycles. The smallest absolute Gasteiger partial charge is 0.0502 e. The zero-order valence-electron chi connectivity index (χ0n) is 25.2. The van der Waals surface area contributed by atoms with E-state index >= 15 is 0 Å². The summed E-state index contributed by atoms with van der Waals surface area (Å²) in [5.41, 5.74) is 6.70. The highest BCUT2D eigenvalue weighted by molar-refractivity contribution is 9.10. The van der Waals surface area contributed by atoms with Crippen LogP contribution in [0.15, 0.2) is 89.4 Å². The highest BCUT2D eigenvalue weighted by Gasteiger charge is 2.12. The van der Waals surface area contributed by atoms with Gasteiger partial charge in [-0.1, -0.05) is 106 Å². The van der Waals surface area contributed by atoms with Crippen molar-refractivity contribution >= 4 is 59.5 Å². The first-order valence-corrected chi connectivity index (χ1v) is 15.8. The number of ether oxygens (including phenoxy) is 1. The summed E-state index contributed by atoms with van der Waals surface area (Å²) in [4.78, 5) is 0. The van der Waals surface area contributed by atoms with Crippen LogP contribution >= 0.6 is 15.9 Å². The first kappa shape index (κ1) is 31.8. The van der Waals surface area contributed by atoms with E-state index in [0.717, 1.165) is 30.8 Å². The van der Waals surface area contributed by atoms with E-state index in [1.54, 1.807) is 0 Å². The number of aryl methyl sites for hydroxylation is 1. The highest BCUT2D eigenvalue weighted by atomic mass is 79.9. The largest absolute Gasteiger partial charge is 0.381 e. The van der Waals surface area contributed by atoms with Crippen molar-refractivity contribution in [1.29, 1.82) is 0 Å². The summed E-state index contributed by atoms with van der Waals surface area (Å²) >= 11 is 3.58. The molecule has 6 aromatic rings. The van der Waals surface area contributed by atoms with Gasteiger partial charge in [-0.05, 0) is 67.5 Å². The number of fused-ring (bicyclic) bond motifs is 6. The molecule has 1 aliphatic heterocycles. The average molecular weight is 628 g/mol. The van der Waals surface area contributed by atoms with Gasteiger partial charge >= 0.3 is 0 Å². The van der Waals surface area contributed by atoms with Gasteiger partial charge in [-0.15, -0.1) is 0 Å². The Bertz CT molecular complexity index is 1620. The fourth-order valence-corrected chi connectivity index (χ4v) is 6.16. The minimum atomic E-state index is 0. The molecular weight excluding hydrogens is 580 g/mol. The Morgan fingerprint density at radius 3 is 1.55 bits per heavy atom. The third kappa shape index (κ3) is 7.10. The number of nitrogens with zero attached hydrogens (tertiary/aromatic N) is 2. The predicted molar refractivity (Wildman–Crippen MR) is 188 cm³/mol. The molecule has 4 aromatic carbocycles. The number of hydrogen-bond acceptors (Lipinski definition) is 1. The summed E-state index contributed by atoms with van der Waals surface area (Å²) in [6, 6.07) is 30.7. The minimum absolute atomic E-state index is 0. The van der Waals surface area contributed by atoms with Crippen LogP contribution in [0.5, 0.6) is 0 Å². The molecule has 42 heavy (non-hydrogen) atoms. The van der Waals surface area contributed by atoms with Gasteiger partial charge in [-0.25, -0.2) is 0 Å². The maximum Gasteiger partial charge on any atom is 0.0502 e. The monoisotopic (exact) mass is 626 g/mol. The van der Waals surface area contributed by atoms with Gasteiger partial charge in [0.2, 0.25) is 0 Å². The number of para-hydroxylation sites is 2. The molecule has 0 N–H and O–H groups in total. The first-order chi connectivity index (χ1) is 19.8. The molecule has 4 heteroatoms. The van der Waals surface area contributed by atoms with Crippen molar-refractivity contribution in [2.24, 2.45) is 11.8 Å². The third-order valence-corrected chi connectivity index (χ3v) is 8.08. The maximum atomic E-state index is 4.94. The molecule has 3 nitrogen and oxygen atoms in total. The molecule has 2 aromatic heterocycles. The molecule has 3 heterocycles. The second-order valence-corrected chi connectivity index (χ2v) is 13.0. The topological polar surface area (TPSA) is 19.1 Å². The quantitative estimate of drug-likeness (QED) is 0.190. The van der Waals surface area contributed by atoms with Crippen LogP contribution in [0.3, 0.4) is 0 Å². The van der Waals surface area contributed by atoms with Gasteiger partial charge < -0.3 is 13.9 Å². The lowest BCUT2D eigenvalue weighted by Gasteiger charge is -2.10. The van der Waals surface area contributed by atoms with Crippen LogP contribution in [0.4, 0.5) is 0 Å². The summed E-state index contributed by atoms with van der Waals surface area (Å²) < 4.78 is 11.0. The van der Waals surface area contributed by atoms with Gasteiger partial charge in [0.25, 0.3) is 0 Å². The van der Waals surface area contributed by atoms with Gasteiger partial charge in [0.05, 0.1) is 5.52 Å². The summed E-state index contributed by atoms with van der Waals surface area (Å²) in [5, 5.41) is 5.43. The highest BCUT2D eigenvalue weighted by Crippen LogP contribution is 2.32. The zero-order chi connectivity index (χ0) is 28.9. The van der Waals surface area contributed by atoms with Gasteiger partial charge in [0.15, 0.2) is 0 Å². The summed E-state index contributed by atoms with van der Waals surface area (Å²) in [6.45, 7) is 15.4. The molecule has 1 aliphatic rings. The molecule has 0 radical (unpaired) electrons.